The fourth-order valence-corrected chi connectivity index (χ4v) is 4.13. The smallest absolute Gasteiger partial charge is 0.573 e. The van der Waals surface area contributed by atoms with Gasteiger partial charge in [-0.15, -0.1) is 13.2 Å². The summed E-state index contributed by atoms with van der Waals surface area (Å²) in [5.41, 5.74) is 0.898. The zero-order chi connectivity index (χ0) is 19.7. The first-order valence-electron chi connectivity index (χ1n) is 6.73. The van der Waals surface area contributed by atoms with Crippen LogP contribution in [-0.4, -0.2) is 20.7 Å². The van der Waals surface area contributed by atoms with Crippen LogP contribution in [0.2, 0.25) is 0 Å². The molecule has 2 aromatic carbocycles. The maximum Gasteiger partial charge on any atom is 0.573 e. The molecule has 0 radical (unpaired) electrons. The van der Waals surface area contributed by atoms with E-state index in [0.29, 0.717) is 3.57 Å². The summed E-state index contributed by atoms with van der Waals surface area (Å²) in [5.74, 6) is -1.53. The third kappa shape index (κ3) is 5.45. The molecule has 5 nitrogen and oxygen atoms in total. The molecule has 0 aliphatic carbocycles. The van der Waals surface area contributed by atoms with E-state index in [2.05, 4.69) is 9.13 Å². The first-order valence-corrected chi connectivity index (χ1v) is 10.3. The number of rotatable bonds is 4. The van der Waals surface area contributed by atoms with E-state index in [9.17, 15) is 26.7 Å². The summed E-state index contributed by atoms with van der Waals surface area (Å²) in [5, 5.41) is 12.3. The Morgan fingerprint density at radius 1 is 1.15 bits per heavy atom. The molecule has 0 fully saturated rings. The van der Waals surface area contributed by atoms with Crippen molar-refractivity contribution in [2.24, 2.45) is 4.40 Å². The molecular formula is C15H9F3I2NO4S-. The number of ether oxygens (including phenoxy) is 1. The molecule has 140 valence electrons. The Balaban J connectivity index is 2.37. The number of halogens is 5. The van der Waals surface area contributed by atoms with Gasteiger partial charge in [0.25, 0.3) is 10.0 Å². The Morgan fingerprint density at radius 3 is 2.27 bits per heavy atom. The minimum Gasteiger partial charge on any atom is -0.858 e. The van der Waals surface area contributed by atoms with Gasteiger partial charge in [-0.05, 0) is 94.1 Å². The Hall–Kier alpha value is -1.09. The molecule has 0 saturated heterocycles. The largest absolute Gasteiger partial charge is 0.858 e. The molecule has 0 heterocycles. The van der Waals surface area contributed by atoms with Crippen molar-refractivity contribution in [1.82, 2.24) is 0 Å². The highest BCUT2D eigenvalue weighted by Crippen LogP contribution is 2.25. The van der Waals surface area contributed by atoms with Crippen LogP contribution in [-0.2, 0) is 10.0 Å². The lowest BCUT2D eigenvalue weighted by Gasteiger charge is -2.15. The van der Waals surface area contributed by atoms with Crippen LogP contribution in [0.25, 0.3) is 0 Å². The number of aryl methyl sites for hydroxylation is 1. The Morgan fingerprint density at radius 2 is 1.73 bits per heavy atom. The summed E-state index contributed by atoms with van der Waals surface area (Å²) in [6.07, 6.45) is -4.89. The summed E-state index contributed by atoms with van der Waals surface area (Å²) >= 11 is 3.93. The third-order valence-electron chi connectivity index (χ3n) is 2.96. The standard InChI is InChI=1S/C15H10F3I2NO4S/c1-8-6-11(13(20)12(19)7-8)14(22)21-26(23,24)10-4-2-9(3-5-10)25-15(16,17)18/h2-7H,1H3,(H,21,22)/p-1. The van der Waals surface area contributed by atoms with Gasteiger partial charge in [-0.2, -0.15) is 12.8 Å². The number of hydrogen-bond donors (Lipinski definition) is 0. The normalized spacial score (nSPS) is 12.9. The number of alkyl halides is 3. The van der Waals surface area contributed by atoms with Crippen molar-refractivity contribution >= 4 is 61.1 Å². The van der Waals surface area contributed by atoms with Crippen LogP contribution in [0.3, 0.4) is 0 Å². The maximum absolute atomic E-state index is 12.3. The molecule has 0 unspecified atom stereocenters. The Bertz CT molecular complexity index is 958. The number of nitrogens with zero attached hydrogens (tertiary/aromatic N) is 1. The highest BCUT2D eigenvalue weighted by atomic mass is 127. The fraction of sp³-hybridized carbons (Fsp3) is 0.133. The summed E-state index contributed by atoms with van der Waals surface area (Å²) in [6, 6.07) is 6.79. The number of benzene rings is 2. The zero-order valence-corrected chi connectivity index (χ0v) is 18.0. The van der Waals surface area contributed by atoms with Gasteiger partial charge in [-0.1, -0.05) is 0 Å². The van der Waals surface area contributed by atoms with E-state index >= 15 is 0 Å². The SMILES string of the molecule is Cc1cc(I)c(I)c(/C([O-])=N/S(=O)(=O)c2ccc(OC(F)(F)F)cc2)c1. The molecule has 0 bridgehead atoms. The molecule has 0 saturated carbocycles. The molecule has 0 aromatic heterocycles. The van der Waals surface area contributed by atoms with Crippen LogP contribution in [0.4, 0.5) is 13.2 Å². The molecule has 2 aromatic rings. The van der Waals surface area contributed by atoms with Crippen molar-refractivity contribution in [3.8, 4) is 5.75 Å². The minimum absolute atomic E-state index is 0.135. The number of sulfonamides is 1. The second-order valence-electron chi connectivity index (χ2n) is 5.00. The first-order chi connectivity index (χ1) is 11.9. The maximum atomic E-state index is 12.3. The van der Waals surface area contributed by atoms with E-state index in [1.54, 1.807) is 6.92 Å². The fourth-order valence-electron chi connectivity index (χ4n) is 1.90. The number of hydrogen-bond acceptors (Lipinski definition) is 4. The molecule has 0 amide bonds. The van der Waals surface area contributed by atoms with Gasteiger partial charge in [-0.25, -0.2) is 0 Å². The van der Waals surface area contributed by atoms with Crippen molar-refractivity contribution in [2.75, 3.05) is 0 Å². The average molecular weight is 610 g/mol. The van der Waals surface area contributed by atoms with Gasteiger partial charge in [-0.3, -0.25) is 0 Å². The van der Waals surface area contributed by atoms with Gasteiger partial charge in [0, 0.05) is 18.6 Å². The molecule has 0 atom stereocenters. The van der Waals surface area contributed by atoms with Crippen LogP contribution < -0.4 is 9.84 Å². The van der Waals surface area contributed by atoms with Gasteiger partial charge in [0.15, 0.2) is 0 Å². The predicted octanol–water partition coefficient (Wildman–Crippen LogP) is 3.60. The summed E-state index contributed by atoms with van der Waals surface area (Å²) in [6.45, 7) is 1.75. The van der Waals surface area contributed by atoms with Crippen LogP contribution in [0.1, 0.15) is 11.1 Å². The highest BCUT2D eigenvalue weighted by Gasteiger charge is 2.31. The van der Waals surface area contributed by atoms with Crippen LogP contribution in [0.5, 0.6) is 5.75 Å². The van der Waals surface area contributed by atoms with Crippen molar-refractivity contribution in [2.45, 2.75) is 18.2 Å². The van der Waals surface area contributed by atoms with E-state index in [1.807, 2.05) is 51.2 Å². The van der Waals surface area contributed by atoms with Gasteiger partial charge >= 0.3 is 6.36 Å². The lowest BCUT2D eigenvalue weighted by molar-refractivity contribution is -0.274. The van der Waals surface area contributed by atoms with Gasteiger partial charge in [0.05, 0.1) is 4.90 Å². The third-order valence-corrected chi connectivity index (χ3v) is 7.28. The second kappa shape index (κ2) is 7.88. The quantitative estimate of drug-likeness (QED) is 0.302. The van der Waals surface area contributed by atoms with Gasteiger partial charge in [0.1, 0.15) is 5.75 Å². The average Bonchev–Trinajstić information content (AvgIpc) is 2.49. The first kappa shape index (κ1) is 21.2. The van der Waals surface area contributed by atoms with Crippen LogP contribution in [0.15, 0.2) is 45.7 Å². The van der Waals surface area contributed by atoms with Crippen molar-refractivity contribution in [3.63, 3.8) is 0 Å². The molecule has 0 aliphatic rings. The molecule has 0 spiro atoms. The van der Waals surface area contributed by atoms with Crippen LogP contribution in [0, 0.1) is 14.1 Å². The highest BCUT2D eigenvalue weighted by molar-refractivity contribution is 14.1. The zero-order valence-electron chi connectivity index (χ0n) is 12.8. The summed E-state index contributed by atoms with van der Waals surface area (Å²) < 4.78 is 69.1. The lowest BCUT2D eigenvalue weighted by atomic mass is 10.1. The van der Waals surface area contributed by atoms with Crippen LogP contribution >= 0.6 is 45.2 Å². The molecule has 11 heteroatoms. The predicted molar refractivity (Wildman–Crippen MR) is 103 cm³/mol. The Labute approximate surface area is 174 Å². The van der Waals surface area contributed by atoms with E-state index in [4.69, 9.17) is 0 Å². The van der Waals surface area contributed by atoms with Gasteiger partial charge in [0.2, 0.25) is 0 Å². The van der Waals surface area contributed by atoms with Crippen molar-refractivity contribution < 1.29 is 31.4 Å². The summed E-state index contributed by atoms with van der Waals surface area (Å²) in [4.78, 5) is -0.419. The Kier molecular flexibility index (Phi) is 6.43. The van der Waals surface area contributed by atoms with Crippen molar-refractivity contribution in [1.29, 1.82) is 0 Å². The molecular weight excluding hydrogens is 601 g/mol. The van der Waals surface area contributed by atoms with E-state index in [0.717, 1.165) is 33.4 Å². The van der Waals surface area contributed by atoms with Gasteiger partial charge < -0.3 is 9.84 Å². The second-order valence-corrected chi connectivity index (χ2v) is 8.84. The summed E-state index contributed by atoms with van der Waals surface area (Å²) in [7, 11) is -4.38. The minimum atomic E-state index is -4.89. The molecule has 0 aliphatic heterocycles. The van der Waals surface area contributed by atoms with E-state index in [1.165, 1.54) is 6.07 Å². The van der Waals surface area contributed by atoms with Crippen molar-refractivity contribution in [3.05, 3.63) is 54.7 Å². The van der Waals surface area contributed by atoms with E-state index < -0.39 is 32.9 Å². The van der Waals surface area contributed by atoms with E-state index in [-0.39, 0.29) is 5.56 Å². The monoisotopic (exact) mass is 610 g/mol. The molecule has 0 N–H and O–H groups in total. The molecule has 2 rings (SSSR count). The topological polar surface area (TPSA) is 78.8 Å². The lowest BCUT2D eigenvalue weighted by Crippen LogP contribution is -2.22. The molecule has 26 heavy (non-hydrogen) atoms.